The van der Waals surface area contributed by atoms with E-state index in [9.17, 15) is 13.2 Å². The van der Waals surface area contributed by atoms with Gasteiger partial charge in [-0.15, -0.1) is 0 Å². The predicted octanol–water partition coefficient (Wildman–Crippen LogP) is 4.07. The third kappa shape index (κ3) is 2.76. The van der Waals surface area contributed by atoms with Gasteiger partial charge in [0.2, 0.25) is 0 Å². The molecule has 1 aromatic carbocycles. The second-order valence-corrected chi connectivity index (χ2v) is 4.84. The molecule has 1 aliphatic rings. The maximum Gasteiger partial charge on any atom is 0.416 e. The van der Waals surface area contributed by atoms with Gasteiger partial charge in [-0.3, -0.25) is 0 Å². The molecule has 1 aliphatic heterocycles. The van der Waals surface area contributed by atoms with E-state index in [1.54, 1.807) is 12.1 Å². The van der Waals surface area contributed by atoms with Gasteiger partial charge >= 0.3 is 6.18 Å². The Hall–Kier alpha value is -0.710. The molecule has 0 aliphatic carbocycles. The summed E-state index contributed by atoms with van der Waals surface area (Å²) in [6, 6.07) is 5.82. The third-order valence-electron chi connectivity index (χ3n) is 3.08. The van der Waals surface area contributed by atoms with Crippen molar-refractivity contribution in [3.05, 3.63) is 29.8 Å². The van der Waals surface area contributed by atoms with Crippen molar-refractivity contribution in [1.29, 1.82) is 0 Å². The van der Waals surface area contributed by atoms with Crippen molar-refractivity contribution in [1.82, 2.24) is 0 Å². The minimum atomic E-state index is -4.25. The number of hydrogen-bond donors (Lipinski definition) is 0. The number of nitrogens with zero attached hydrogens (tertiary/aromatic N) is 1. The number of benzene rings is 1. The van der Waals surface area contributed by atoms with Crippen molar-refractivity contribution in [2.45, 2.75) is 25.1 Å². The van der Waals surface area contributed by atoms with E-state index in [4.69, 9.17) is 0 Å². The van der Waals surface area contributed by atoms with Gasteiger partial charge in [0, 0.05) is 23.6 Å². The van der Waals surface area contributed by atoms with Gasteiger partial charge in [0.1, 0.15) is 0 Å². The van der Waals surface area contributed by atoms with Crippen molar-refractivity contribution in [3.8, 4) is 0 Å². The van der Waals surface area contributed by atoms with E-state index < -0.39 is 11.7 Å². The van der Waals surface area contributed by atoms with Gasteiger partial charge in [-0.2, -0.15) is 13.2 Å². The highest BCUT2D eigenvalue weighted by Crippen LogP contribution is 2.32. The fourth-order valence-corrected chi connectivity index (χ4v) is 2.85. The summed E-state index contributed by atoms with van der Waals surface area (Å²) in [6.45, 7) is 0.918. The Morgan fingerprint density at radius 2 is 1.88 bits per heavy atom. The third-order valence-corrected chi connectivity index (χ3v) is 3.83. The van der Waals surface area contributed by atoms with Gasteiger partial charge in [-0.25, -0.2) is 0 Å². The molecule has 1 atom stereocenters. The molecule has 1 unspecified atom stereocenters. The van der Waals surface area contributed by atoms with Crippen LogP contribution in [-0.2, 0) is 6.18 Å². The monoisotopic (exact) mass is 307 g/mol. The molecule has 0 aromatic heterocycles. The van der Waals surface area contributed by atoms with Crippen LogP contribution in [0.3, 0.4) is 0 Å². The fourth-order valence-electron chi connectivity index (χ4n) is 2.18. The molecule has 0 saturated carbocycles. The first-order valence-corrected chi connectivity index (χ1v) is 6.64. The van der Waals surface area contributed by atoms with Crippen LogP contribution in [0.2, 0.25) is 0 Å². The highest BCUT2D eigenvalue weighted by Gasteiger charge is 2.31. The standard InChI is InChI=1S/C12H13BrF3N/c13-8-11-2-1-7-17(11)10-5-3-9(4-6-10)12(14,15)16/h3-6,11H,1-2,7-8H2. The summed E-state index contributed by atoms with van der Waals surface area (Å²) in [5, 5.41) is 0.855. The van der Waals surface area contributed by atoms with E-state index in [0.717, 1.165) is 42.5 Å². The highest BCUT2D eigenvalue weighted by molar-refractivity contribution is 9.09. The molecule has 94 valence electrons. The van der Waals surface area contributed by atoms with E-state index in [0.29, 0.717) is 6.04 Å². The van der Waals surface area contributed by atoms with Gasteiger partial charge in [0.05, 0.1) is 5.56 Å². The zero-order valence-electron chi connectivity index (χ0n) is 9.17. The molecular formula is C12H13BrF3N. The minimum Gasteiger partial charge on any atom is -0.368 e. The maximum absolute atomic E-state index is 12.4. The minimum absolute atomic E-state index is 0.395. The Morgan fingerprint density at radius 3 is 2.41 bits per heavy atom. The summed E-state index contributed by atoms with van der Waals surface area (Å²) in [6.07, 6.45) is -2.07. The van der Waals surface area contributed by atoms with E-state index in [2.05, 4.69) is 20.8 Å². The van der Waals surface area contributed by atoms with Crippen molar-refractivity contribution in [3.63, 3.8) is 0 Å². The largest absolute Gasteiger partial charge is 0.416 e. The Balaban J connectivity index is 2.18. The quantitative estimate of drug-likeness (QED) is 0.745. The van der Waals surface area contributed by atoms with Gasteiger partial charge in [-0.05, 0) is 37.1 Å². The molecule has 2 rings (SSSR count). The molecule has 0 radical (unpaired) electrons. The van der Waals surface area contributed by atoms with Crippen LogP contribution < -0.4 is 4.90 Å². The first kappa shape index (κ1) is 12.7. The van der Waals surface area contributed by atoms with Gasteiger partial charge in [0.25, 0.3) is 0 Å². The summed E-state index contributed by atoms with van der Waals surface area (Å²) in [5.41, 5.74) is 0.288. The van der Waals surface area contributed by atoms with Crippen LogP contribution in [0.1, 0.15) is 18.4 Å². The van der Waals surface area contributed by atoms with Crippen LogP contribution in [0.5, 0.6) is 0 Å². The SMILES string of the molecule is FC(F)(F)c1ccc(N2CCCC2CBr)cc1. The molecule has 0 N–H and O–H groups in total. The first-order valence-electron chi connectivity index (χ1n) is 5.52. The van der Waals surface area contributed by atoms with Crippen molar-refractivity contribution in [2.75, 3.05) is 16.8 Å². The highest BCUT2D eigenvalue weighted by atomic mass is 79.9. The number of hydrogen-bond acceptors (Lipinski definition) is 1. The topological polar surface area (TPSA) is 3.24 Å². The lowest BCUT2D eigenvalue weighted by Crippen LogP contribution is -2.30. The molecule has 1 fully saturated rings. The molecule has 5 heteroatoms. The number of alkyl halides is 4. The zero-order valence-corrected chi connectivity index (χ0v) is 10.8. The van der Waals surface area contributed by atoms with Crippen LogP contribution >= 0.6 is 15.9 Å². The average molecular weight is 308 g/mol. The van der Waals surface area contributed by atoms with Gasteiger partial charge in [-0.1, -0.05) is 15.9 Å². The molecule has 1 nitrogen and oxygen atoms in total. The second-order valence-electron chi connectivity index (χ2n) is 4.19. The smallest absolute Gasteiger partial charge is 0.368 e. The molecule has 1 aromatic rings. The van der Waals surface area contributed by atoms with Crippen LogP contribution in [-0.4, -0.2) is 17.9 Å². The Morgan fingerprint density at radius 1 is 1.24 bits per heavy atom. The Labute approximate surface area is 107 Å². The summed E-state index contributed by atoms with van der Waals surface area (Å²) < 4.78 is 37.3. The lowest BCUT2D eigenvalue weighted by Gasteiger charge is -2.25. The first-order chi connectivity index (χ1) is 8.02. The molecule has 1 heterocycles. The van der Waals surface area contributed by atoms with Crippen molar-refractivity contribution < 1.29 is 13.2 Å². The molecule has 0 spiro atoms. The number of anilines is 1. The fraction of sp³-hybridized carbons (Fsp3) is 0.500. The Bertz CT molecular complexity index is 374. The van der Waals surface area contributed by atoms with Crippen LogP contribution in [0.15, 0.2) is 24.3 Å². The van der Waals surface area contributed by atoms with Crippen molar-refractivity contribution >= 4 is 21.6 Å². The summed E-state index contributed by atoms with van der Waals surface area (Å²) in [5.74, 6) is 0. The van der Waals surface area contributed by atoms with E-state index in [-0.39, 0.29) is 0 Å². The Kier molecular flexibility index (Phi) is 3.66. The number of halogens is 4. The molecule has 17 heavy (non-hydrogen) atoms. The van der Waals surface area contributed by atoms with E-state index >= 15 is 0 Å². The molecule has 0 bridgehead atoms. The second kappa shape index (κ2) is 4.88. The molecule has 1 saturated heterocycles. The molecule has 0 amide bonds. The summed E-state index contributed by atoms with van der Waals surface area (Å²) >= 11 is 3.44. The zero-order chi connectivity index (χ0) is 12.5. The van der Waals surface area contributed by atoms with Gasteiger partial charge < -0.3 is 4.90 Å². The van der Waals surface area contributed by atoms with E-state index in [1.807, 2.05) is 0 Å². The molecular weight excluding hydrogens is 295 g/mol. The summed E-state index contributed by atoms with van der Waals surface area (Å²) in [7, 11) is 0. The van der Waals surface area contributed by atoms with Crippen LogP contribution in [0.25, 0.3) is 0 Å². The average Bonchev–Trinajstić information content (AvgIpc) is 2.76. The predicted molar refractivity (Wildman–Crippen MR) is 65.6 cm³/mol. The van der Waals surface area contributed by atoms with Gasteiger partial charge in [0.15, 0.2) is 0 Å². The van der Waals surface area contributed by atoms with Crippen LogP contribution in [0.4, 0.5) is 18.9 Å². The van der Waals surface area contributed by atoms with Crippen molar-refractivity contribution in [2.24, 2.45) is 0 Å². The maximum atomic E-state index is 12.4. The normalized spacial score (nSPS) is 20.9. The van der Waals surface area contributed by atoms with E-state index in [1.165, 1.54) is 0 Å². The van der Waals surface area contributed by atoms with Crippen LogP contribution in [0, 0.1) is 0 Å². The summed E-state index contributed by atoms with van der Waals surface area (Å²) in [4.78, 5) is 2.16. The lowest BCUT2D eigenvalue weighted by molar-refractivity contribution is -0.137. The number of rotatable bonds is 2. The lowest BCUT2D eigenvalue weighted by atomic mass is 10.2.